The second-order valence-electron chi connectivity index (χ2n) is 10.2. The van der Waals surface area contributed by atoms with Gasteiger partial charge in [0, 0.05) is 19.2 Å². The maximum absolute atomic E-state index is 13.7. The molecule has 0 spiro atoms. The van der Waals surface area contributed by atoms with Crippen LogP contribution in [0.1, 0.15) is 62.4 Å². The number of nitrogens with zero attached hydrogens (tertiary/aromatic N) is 6. The highest BCUT2D eigenvalue weighted by atomic mass is 19.1. The minimum atomic E-state index is -0.282. The van der Waals surface area contributed by atoms with Crippen LogP contribution in [0.15, 0.2) is 52.1 Å². The van der Waals surface area contributed by atoms with Gasteiger partial charge in [-0.1, -0.05) is 38.1 Å². The van der Waals surface area contributed by atoms with E-state index in [1.54, 1.807) is 24.1 Å². The fraction of sp³-hybridized carbons (Fsp3) is 0.448. The van der Waals surface area contributed by atoms with E-state index < -0.39 is 0 Å². The lowest BCUT2D eigenvalue weighted by molar-refractivity contribution is 0.0841. The number of amides is 1. The molecule has 1 atom stereocenters. The molecular formula is C29H36FN7O2. The molecule has 0 radical (unpaired) electrons. The third-order valence-electron chi connectivity index (χ3n) is 7.32. The highest BCUT2D eigenvalue weighted by Crippen LogP contribution is 2.38. The topological polar surface area (TPSA) is 87.3 Å². The number of carbonyl (C=O) groups excluding carboxylic acids is 1. The van der Waals surface area contributed by atoms with Crippen molar-refractivity contribution in [3.05, 3.63) is 64.9 Å². The van der Waals surface area contributed by atoms with Crippen LogP contribution >= 0.6 is 0 Å². The molecule has 3 aliphatic rings. The lowest BCUT2D eigenvalue weighted by atomic mass is 9.97. The Hall–Kier alpha value is -3.95. The van der Waals surface area contributed by atoms with Gasteiger partial charge in [0.1, 0.15) is 17.5 Å². The second kappa shape index (κ2) is 11.0. The third kappa shape index (κ3) is 4.95. The van der Waals surface area contributed by atoms with Crippen LogP contribution in [-0.4, -0.2) is 65.0 Å². The number of hydrogen-bond acceptors (Lipinski definition) is 7. The summed E-state index contributed by atoms with van der Waals surface area (Å²) in [7, 11) is 1.75. The van der Waals surface area contributed by atoms with Crippen LogP contribution in [0.25, 0.3) is 5.57 Å². The van der Waals surface area contributed by atoms with Crippen molar-refractivity contribution >= 4 is 29.2 Å². The van der Waals surface area contributed by atoms with Crippen LogP contribution in [0.5, 0.6) is 0 Å². The van der Waals surface area contributed by atoms with Gasteiger partial charge < -0.3 is 14.7 Å². The third-order valence-corrected chi connectivity index (χ3v) is 7.32. The Morgan fingerprint density at radius 1 is 1.21 bits per heavy atom. The van der Waals surface area contributed by atoms with Crippen molar-refractivity contribution < 1.29 is 13.9 Å². The summed E-state index contributed by atoms with van der Waals surface area (Å²) in [4.78, 5) is 27.5. The maximum Gasteiger partial charge on any atom is 0.283 e. The minimum Gasteiger partial charge on any atom is -0.477 e. The highest BCUT2D eigenvalue weighted by molar-refractivity contribution is 6.18. The van der Waals surface area contributed by atoms with Crippen molar-refractivity contribution in [2.24, 2.45) is 16.0 Å². The molecule has 5 rings (SSSR count). The van der Waals surface area contributed by atoms with Crippen LogP contribution < -0.4 is 10.3 Å². The van der Waals surface area contributed by atoms with E-state index in [-0.39, 0.29) is 17.8 Å². The van der Waals surface area contributed by atoms with Crippen LogP contribution in [0, 0.1) is 11.7 Å². The van der Waals surface area contributed by atoms with E-state index in [1.807, 2.05) is 26.0 Å². The minimum absolute atomic E-state index is 0.0771. The van der Waals surface area contributed by atoms with E-state index in [4.69, 9.17) is 14.7 Å². The molecule has 0 saturated heterocycles. The number of anilines is 1. The Bertz CT molecular complexity index is 1370. The van der Waals surface area contributed by atoms with Crippen LogP contribution in [0.2, 0.25) is 0 Å². The second-order valence-corrected chi connectivity index (χ2v) is 10.2. The van der Waals surface area contributed by atoms with Gasteiger partial charge in [0.2, 0.25) is 11.9 Å². The standard InChI is InChI=1S/C29H36FN7O2/c1-6-35-28(38)24-27(37-17-23(18(3)4)32-29(35)37)36(16-19-8-14-22(30)15-9-19)25(33-24)20-10-12-21(13-11-20)26(34-31-5)39-7-2/h8-10,12,14-15,18,23,31H,6-7,11,13,16-17H2,1-5H3/b34-26-. The van der Waals surface area contributed by atoms with Gasteiger partial charge in [-0.2, -0.15) is 0 Å². The number of fused-ring (bicyclic) bond motifs is 3. The van der Waals surface area contributed by atoms with Crippen LogP contribution in [0.4, 0.5) is 10.2 Å². The van der Waals surface area contributed by atoms with Gasteiger partial charge in [0.15, 0.2) is 5.69 Å². The van der Waals surface area contributed by atoms with Gasteiger partial charge >= 0.3 is 0 Å². The number of allylic oxidation sites excluding steroid dienone is 3. The molecular weight excluding hydrogens is 497 g/mol. The molecule has 1 N–H and O–H groups in total. The Labute approximate surface area is 228 Å². The quantitative estimate of drug-likeness (QED) is 0.308. The largest absolute Gasteiger partial charge is 0.477 e. The predicted molar refractivity (Wildman–Crippen MR) is 151 cm³/mol. The van der Waals surface area contributed by atoms with Crippen molar-refractivity contribution in [3.8, 4) is 0 Å². The Morgan fingerprint density at radius 2 is 1.97 bits per heavy atom. The lowest BCUT2D eigenvalue weighted by Crippen LogP contribution is -2.50. The number of guanidine groups is 1. The van der Waals surface area contributed by atoms with E-state index in [0.29, 0.717) is 56.1 Å². The molecule has 206 valence electrons. The van der Waals surface area contributed by atoms with Gasteiger partial charge in [-0.15, -0.1) is 5.10 Å². The number of ether oxygens (including phenoxy) is 1. The molecule has 2 aromatic rings. The number of carbonyl (C=O) groups is 1. The van der Waals surface area contributed by atoms with Crippen molar-refractivity contribution in [2.75, 3.05) is 31.6 Å². The van der Waals surface area contributed by atoms with Crippen molar-refractivity contribution in [1.29, 1.82) is 0 Å². The summed E-state index contributed by atoms with van der Waals surface area (Å²) >= 11 is 0. The monoisotopic (exact) mass is 533 g/mol. The first-order chi connectivity index (χ1) is 18.9. The number of halogens is 1. The van der Waals surface area contributed by atoms with Gasteiger partial charge in [-0.25, -0.2) is 14.4 Å². The summed E-state index contributed by atoms with van der Waals surface area (Å²) in [5.41, 5.74) is 6.18. The number of aromatic nitrogens is 2. The Balaban J connectivity index is 1.63. The van der Waals surface area contributed by atoms with Gasteiger partial charge in [-0.05, 0) is 55.9 Å². The first kappa shape index (κ1) is 26.6. The number of hydrogen-bond donors (Lipinski definition) is 1. The summed E-state index contributed by atoms with van der Waals surface area (Å²) in [6, 6.07) is 6.56. The zero-order chi connectivity index (χ0) is 27.7. The summed E-state index contributed by atoms with van der Waals surface area (Å²) in [6.45, 7) is 10.4. The fourth-order valence-electron chi connectivity index (χ4n) is 5.25. The summed E-state index contributed by atoms with van der Waals surface area (Å²) in [5, 5.41) is 4.28. The highest BCUT2D eigenvalue weighted by Gasteiger charge is 2.44. The van der Waals surface area contributed by atoms with E-state index in [2.05, 4.69) is 33.8 Å². The number of nitrogens with one attached hydrogen (secondary N) is 1. The molecule has 1 aromatic carbocycles. The Morgan fingerprint density at radius 3 is 2.59 bits per heavy atom. The van der Waals surface area contributed by atoms with Crippen LogP contribution in [0.3, 0.4) is 0 Å². The van der Waals surface area contributed by atoms with Gasteiger partial charge in [0.05, 0.1) is 25.7 Å². The van der Waals surface area contributed by atoms with E-state index in [1.165, 1.54) is 12.1 Å². The number of aliphatic imine (C=N–C) groups is 1. The van der Waals surface area contributed by atoms with Gasteiger partial charge in [0.25, 0.3) is 5.91 Å². The Kier molecular flexibility index (Phi) is 7.54. The number of hydrazone groups is 1. The first-order valence-corrected chi connectivity index (χ1v) is 13.7. The van der Waals surface area contributed by atoms with Crippen molar-refractivity contribution in [2.45, 2.75) is 53.1 Å². The molecule has 2 aliphatic heterocycles. The average Bonchev–Trinajstić information content (AvgIpc) is 3.53. The molecule has 1 aliphatic carbocycles. The smallest absolute Gasteiger partial charge is 0.283 e. The molecule has 39 heavy (non-hydrogen) atoms. The lowest BCUT2D eigenvalue weighted by Gasteiger charge is -2.34. The van der Waals surface area contributed by atoms with E-state index in [0.717, 1.165) is 34.8 Å². The maximum atomic E-state index is 13.7. The number of benzene rings is 1. The van der Waals surface area contributed by atoms with Crippen LogP contribution in [-0.2, 0) is 11.3 Å². The number of rotatable bonds is 8. The summed E-state index contributed by atoms with van der Waals surface area (Å²) < 4.78 is 21.5. The SMILES string of the molecule is CCO/C(=N\NC)C1=CC=C(c2nc3c(n2Cc2ccc(F)cc2)N2CC(C(C)C)N=C2N(CC)C3=O)CC1. The molecule has 0 bridgehead atoms. The molecule has 1 amide bonds. The van der Waals surface area contributed by atoms with Crippen molar-refractivity contribution in [3.63, 3.8) is 0 Å². The first-order valence-electron chi connectivity index (χ1n) is 13.7. The molecule has 3 heterocycles. The van der Waals surface area contributed by atoms with Crippen molar-refractivity contribution in [1.82, 2.24) is 19.9 Å². The molecule has 10 heteroatoms. The molecule has 9 nitrogen and oxygen atoms in total. The summed E-state index contributed by atoms with van der Waals surface area (Å²) in [5.74, 6) is 2.67. The fourth-order valence-corrected chi connectivity index (χ4v) is 5.25. The zero-order valence-electron chi connectivity index (χ0n) is 23.2. The molecule has 1 unspecified atom stereocenters. The molecule has 0 fully saturated rings. The summed E-state index contributed by atoms with van der Waals surface area (Å²) in [6.07, 6.45) is 5.48. The predicted octanol–water partition coefficient (Wildman–Crippen LogP) is 4.42. The van der Waals surface area contributed by atoms with Gasteiger partial charge in [-0.3, -0.25) is 14.6 Å². The van der Waals surface area contributed by atoms with E-state index >= 15 is 0 Å². The van der Waals surface area contributed by atoms with E-state index in [9.17, 15) is 9.18 Å². The normalized spacial score (nSPS) is 19.1. The molecule has 1 aromatic heterocycles. The average molecular weight is 534 g/mol. The zero-order valence-corrected chi connectivity index (χ0v) is 23.2. The molecule has 0 saturated carbocycles. The number of imidazole rings is 1.